The predicted octanol–water partition coefficient (Wildman–Crippen LogP) is 4.16. The summed E-state index contributed by atoms with van der Waals surface area (Å²) in [4.78, 5) is 25.3. The number of aryl methyl sites for hydroxylation is 2. The first kappa shape index (κ1) is 23.6. The maximum atomic E-state index is 13.7. The normalized spacial score (nSPS) is 19.5. The highest BCUT2D eigenvalue weighted by molar-refractivity contribution is 6.22. The monoisotopic (exact) mass is 496 g/mol. The molecule has 0 saturated carbocycles. The molecule has 7 nitrogen and oxygen atoms in total. The van der Waals surface area contributed by atoms with Crippen LogP contribution in [0.3, 0.4) is 0 Å². The van der Waals surface area contributed by atoms with Gasteiger partial charge in [0, 0.05) is 39.1 Å². The van der Waals surface area contributed by atoms with Gasteiger partial charge in [-0.25, -0.2) is 9.89 Å². The second-order valence-electron chi connectivity index (χ2n) is 10.1. The number of aliphatic imine (C=N–C) groups is 1. The molecular weight excluding hydrogens is 464 g/mol. The van der Waals surface area contributed by atoms with E-state index in [9.17, 15) is 4.79 Å². The molecule has 3 heterocycles. The van der Waals surface area contributed by atoms with Crippen LogP contribution in [0.1, 0.15) is 22.3 Å². The van der Waals surface area contributed by atoms with Crippen LogP contribution in [-0.4, -0.2) is 60.7 Å². The van der Waals surface area contributed by atoms with Gasteiger partial charge in [-0.15, -0.1) is 0 Å². The zero-order valence-corrected chi connectivity index (χ0v) is 21.4. The third-order valence-electron chi connectivity index (χ3n) is 7.21. The van der Waals surface area contributed by atoms with Crippen molar-refractivity contribution in [3.8, 4) is 11.5 Å². The van der Waals surface area contributed by atoms with E-state index in [0.29, 0.717) is 13.2 Å². The summed E-state index contributed by atoms with van der Waals surface area (Å²) in [6.07, 6.45) is 0.606. The van der Waals surface area contributed by atoms with E-state index in [4.69, 9.17) is 14.5 Å². The van der Waals surface area contributed by atoms with Gasteiger partial charge in [0.05, 0.1) is 5.69 Å². The zero-order chi connectivity index (χ0) is 25.4. The number of nitrogens with zero attached hydrogens (tertiary/aromatic N) is 4. The summed E-state index contributed by atoms with van der Waals surface area (Å²) in [6.45, 7) is 8.71. The Bertz CT molecular complexity index is 1310. The highest BCUT2D eigenvalue weighted by Gasteiger charge is 2.39. The van der Waals surface area contributed by atoms with Crippen LogP contribution in [0, 0.1) is 13.8 Å². The summed E-state index contributed by atoms with van der Waals surface area (Å²) in [5.74, 6) is 2.46. The molecule has 37 heavy (non-hydrogen) atoms. The molecule has 0 radical (unpaired) electrons. The molecule has 0 bridgehead atoms. The van der Waals surface area contributed by atoms with Crippen molar-refractivity contribution in [3.05, 3.63) is 89.0 Å². The average Bonchev–Trinajstić information content (AvgIpc) is 3.49. The Kier molecular flexibility index (Phi) is 6.30. The van der Waals surface area contributed by atoms with E-state index in [-0.39, 0.29) is 5.91 Å². The first-order chi connectivity index (χ1) is 18.0. The standard InChI is InChI=1S/C30H32N4O3/c1-21-14-22(2)16-25(15-21)34-29(35)26(17-23-6-4-3-5-7-23)31-30(34)33-12-10-32(11-13-33)19-24-8-9-27-28(18-24)37-20-36-27/h3-9,14-16,18,26H,10-13,17,19-20H2,1-2H3. The first-order valence-corrected chi connectivity index (χ1v) is 12.9. The highest BCUT2D eigenvalue weighted by atomic mass is 16.7. The van der Waals surface area contributed by atoms with Gasteiger partial charge < -0.3 is 14.4 Å². The van der Waals surface area contributed by atoms with E-state index in [1.54, 1.807) is 0 Å². The molecule has 1 fully saturated rings. The number of hydrogen-bond donors (Lipinski definition) is 0. The Labute approximate surface area is 217 Å². The number of hydrogen-bond acceptors (Lipinski definition) is 6. The van der Waals surface area contributed by atoms with Crippen LogP contribution in [-0.2, 0) is 17.8 Å². The molecule has 6 rings (SSSR count). The van der Waals surface area contributed by atoms with E-state index >= 15 is 0 Å². The van der Waals surface area contributed by atoms with Crippen LogP contribution in [0.5, 0.6) is 11.5 Å². The number of ether oxygens (including phenoxy) is 2. The zero-order valence-electron chi connectivity index (χ0n) is 21.4. The molecule has 1 amide bonds. The molecule has 3 aliphatic rings. The number of carbonyl (C=O) groups excluding carboxylic acids is 1. The van der Waals surface area contributed by atoms with Gasteiger partial charge in [-0.1, -0.05) is 42.5 Å². The molecule has 1 saturated heterocycles. The van der Waals surface area contributed by atoms with Gasteiger partial charge >= 0.3 is 0 Å². The largest absolute Gasteiger partial charge is 0.454 e. The third kappa shape index (κ3) is 4.91. The fraction of sp³-hybridized carbons (Fsp3) is 0.333. The lowest BCUT2D eigenvalue weighted by Gasteiger charge is -2.37. The molecule has 3 aromatic rings. The van der Waals surface area contributed by atoms with Crippen molar-refractivity contribution in [2.45, 2.75) is 32.9 Å². The molecular formula is C30H32N4O3. The Hall–Kier alpha value is -3.84. The molecule has 190 valence electrons. The second-order valence-corrected chi connectivity index (χ2v) is 10.1. The van der Waals surface area contributed by atoms with Crippen molar-refractivity contribution in [1.82, 2.24) is 9.80 Å². The van der Waals surface area contributed by atoms with Crippen LogP contribution < -0.4 is 14.4 Å². The lowest BCUT2D eigenvalue weighted by Crippen LogP contribution is -2.53. The van der Waals surface area contributed by atoms with Crippen LogP contribution in [0.4, 0.5) is 5.69 Å². The van der Waals surface area contributed by atoms with Gasteiger partial charge in [0.15, 0.2) is 11.5 Å². The number of benzene rings is 3. The van der Waals surface area contributed by atoms with Gasteiger partial charge in [-0.3, -0.25) is 9.69 Å². The average molecular weight is 497 g/mol. The molecule has 1 atom stereocenters. The minimum atomic E-state index is -0.412. The lowest BCUT2D eigenvalue weighted by atomic mass is 10.1. The fourth-order valence-electron chi connectivity index (χ4n) is 5.42. The number of carbonyl (C=O) groups is 1. The SMILES string of the molecule is Cc1cc(C)cc(N2C(=O)C(Cc3ccccc3)N=C2N2CCN(Cc3ccc4c(c3)OCO4)CC2)c1. The molecule has 7 heteroatoms. The Morgan fingerprint density at radius 2 is 1.57 bits per heavy atom. The van der Waals surface area contributed by atoms with Crippen molar-refractivity contribution in [1.29, 1.82) is 0 Å². The van der Waals surface area contributed by atoms with Crippen LogP contribution in [0.25, 0.3) is 0 Å². The van der Waals surface area contributed by atoms with Gasteiger partial charge in [-0.2, -0.15) is 0 Å². The topological polar surface area (TPSA) is 57.6 Å². The quantitative estimate of drug-likeness (QED) is 0.531. The van der Waals surface area contributed by atoms with Gasteiger partial charge in [0.1, 0.15) is 6.04 Å². The first-order valence-electron chi connectivity index (χ1n) is 12.9. The maximum absolute atomic E-state index is 13.7. The minimum absolute atomic E-state index is 0.0478. The number of rotatable bonds is 5. The summed E-state index contributed by atoms with van der Waals surface area (Å²) in [6, 6.07) is 22.2. The molecule has 0 N–H and O–H groups in total. The van der Waals surface area contributed by atoms with Crippen molar-refractivity contribution in [3.63, 3.8) is 0 Å². The smallest absolute Gasteiger partial charge is 0.259 e. The molecule has 3 aliphatic heterocycles. The van der Waals surface area contributed by atoms with E-state index in [0.717, 1.165) is 72.6 Å². The molecule has 3 aromatic carbocycles. The minimum Gasteiger partial charge on any atom is -0.454 e. The van der Waals surface area contributed by atoms with Crippen molar-refractivity contribution in [2.24, 2.45) is 4.99 Å². The third-order valence-corrected chi connectivity index (χ3v) is 7.21. The van der Waals surface area contributed by atoms with Gasteiger partial charge in [0.25, 0.3) is 5.91 Å². The predicted molar refractivity (Wildman–Crippen MR) is 144 cm³/mol. The Balaban J connectivity index is 1.20. The number of fused-ring (bicyclic) bond motifs is 1. The number of anilines is 1. The van der Waals surface area contributed by atoms with Gasteiger partial charge in [0.2, 0.25) is 12.8 Å². The van der Waals surface area contributed by atoms with E-state index < -0.39 is 6.04 Å². The number of guanidine groups is 1. The second kappa shape index (κ2) is 9.90. The van der Waals surface area contributed by atoms with Crippen molar-refractivity contribution >= 4 is 17.6 Å². The summed E-state index contributed by atoms with van der Waals surface area (Å²) >= 11 is 0. The summed E-state index contributed by atoms with van der Waals surface area (Å²) in [5, 5.41) is 0. The van der Waals surface area contributed by atoms with Crippen LogP contribution >= 0.6 is 0 Å². The summed E-state index contributed by atoms with van der Waals surface area (Å²) < 4.78 is 11.0. The Morgan fingerprint density at radius 1 is 0.838 bits per heavy atom. The van der Waals surface area contributed by atoms with E-state index in [2.05, 4.69) is 66.1 Å². The van der Waals surface area contributed by atoms with Crippen LogP contribution in [0.15, 0.2) is 71.7 Å². The lowest BCUT2D eigenvalue weighted by molar-refractivity contribution is -0.118. The summed E-state index contributed by atoms with van der Waals surface area (Å²) in [5.41, 5.74) is 5.52. The molecule has 0 aliphatic carbocycles. The molecule has 1 unspecified atom stereocenters. The highest BCUT2D eigenvalue weighted by Crippen LogP contribution is 2.33. The van der Waals surface area contributed by atoms with E-state index in [1.807, 2.05) is 29.2 Å². The fourth-order valence-corrected chi connectivity index (χ4v) is 5.42. The number of amides is 1. The van der Waals surface area contributed by atoms with Crippen molar-refractivity contribution < 1.29 is 14.3 Å². The summed E-state index contributed by atoms with van der Waals surface area (Å²) in [7, 11) is 0. The maximum Gasteiger partial charge on any atom is 0.259 e. The Morgan fingerprint density at radius 3 is 2.32 bits per heavy atom. The van der Waals surface area contributed by atoms with Gasteiger partial charge in [-0.05, 0) is 60.4 Å². The molecule has 0 spiro atoms. The van der Waals surface area contributed by atoms with Crippen LogP contribution in [0.2, 0.25) is 0 Å². The van der Waals surface area contributed by atoms with E-state index in [1.165, 1.54) is 5.56 Å². The van der Waals surface area contributed by atoms with Crippen molar-refractivity contribution in [2.75, 3.05) is 37.9 Å². The number of piperazine rings is 1. The molecule has 0 aromatic heterocycles.